The first kappa shape index (κ1) is 18.8. The molecule has 0 amide bonds. The van der Waals surface area contributed by atoms with Gasteiger partial charge in [0.05, 0.1) is 22.9 Å². The average Bonchev–Trinajstić information content (AvgIpc) is 2.94. The van der Waals surface area contributed by atoms with Gasteiger partial charge in [-0.3, -0.25) is 5.10 Å². The molecule has 0 spiro atoms. The lowest BCUT2D eigenvalue weighted by Crippen LogP contribution is -2.10. The minimum atomic E-state index is -3.53. The van der Waals surface area contributed by atoms with Crippen molar-refractivity contribution < 1.29 is 13.5 Å². The number of sulfone groups is 1. The van der Waals surface area contributed by atoms with Crippen molar-refractivity contribution in [1.82, 2.24) is 20.2 Å². The van der Waals surface area contributed by atoms with Gasteiger partial charge in [0, 0.05) is 17.4 Å². The summed E-state index contributed by atoms with van der Waals surface area (Å²) in [6.07, 6.45) is 1.59. The molecule has 2 heterocycles. The topological polar surface area (TPSA) is 133 Å². The van der Waals surface area contributed by atoms with Crippen LogP contribution in [0.25, 0.3) is 0 Å². The van der Waals surface area contributed by atoms with Gasteiger partial charge in [-0.05, 0) is 38.1 Å². The lowest BCUT2D eigenvalue weighted by Gasteiger charge is -2.09. The fraction of sp³-hybridized carbons (Fsp3) is 0.235. The monoisotopic (exact) mass is 388 g/mol. The van der Waals surface area contributed by atoms with E-state index in [0.717, 1.165) is 17.1 Å². The highest BCUT2D eigenvalue weighted by Crippen LogP contribution is 2.22. The van der Waals surface area contributed by atoms with Crippen molar-refractivity contribution in [3.63, 3.8) is 0 Å². The highest BCUT2D eigenvalue weighted by molar-refractivity contribution is 7.91. The van der Waals surface area contributed by atoms with E-state index in [1.54, 1.807) is 24.4 Å². The summed E-state index contributed by atoms with van der Waals surface area (Å²) in [5.41, 5.74) is 2.41. The molecule has 0 atom stereocenters. The Bertz CT molecular complexity index is 1050. The zero-order valence-electron chi connectivity index (χ0n) is 14.9. The number of aliphatic hydroxyl groups is 1. The third kappa shape index (κ3) is 4.41. The van der Waals surface area contributed by atoms with E-state index in [9.17, 15) is 8.42 Å². The van der Waals surface area contributed by atoms with E-state index in [1.165, 1.54) is 12.1 Å². The van der Waals surface area contributed by atoms with Gasteiger partial charge in [0.25, 0.3) is 0 Å². The fourth-order valence-corrected chi connectivity index (χ4v) is 3.43. The molecule has 1 aromatic carbocycles. The Morgan fingerprint density at radius 3 is 2.70 bits per heavy atom. The first-order valence-corrected chi connectivity index (χ1v) is 9.86. The minimum absolute atomic E-state index is 0.124. The number of H-pyrrole nitrogens is 1. The second-order valence-corrected chi connectivity index (χ2v) is 8.00. The van der Waals surface area contributed by atoms with Crippen molar-refractivity contribution in [2.45, 2.75) is 18.7 Å². The van der Waals surface area contributed by atoms with Gasteiger partial charge in [-0.25, -0.2) is 13.4 Å². The smallest absolute Gasteiger partial charge is 0.229 e. The number of aliphatic hydroxyl groups excluding tert-OH is 1. The van der Waals surface area contributed by atoms with Gasteiger partial charge >= 0.3 is 0 Å². The standard InChI is InChI=1S/C17H20N6O3S/c1-11-12(2)22-23-16(11)20-15-6-7-18-17(21-15)19-13-4-3-5-14(10-13)27(25,26)9-8-24/h3-7,10,24H,8-9H2,1-2H3,(H3,18,19,20,21,22,23). The van der Waals surface area contributed by atoms with E-state index >= 15 is 0 Å². The summed E-state index contributed by atoms with van der Waals surface area (Å²) in [6.45, 7) is 3.42. The number of benzene rings is 1. The number of aromatic nitrogens is 4. The molecule has 0 saturated heterocycles. The number of nitrogens with one attached hydrogen (secondary N) is 3. The molecule has 3 aromatic rings. The lowest BCUT2D eigenvalue weighted by molar-refractivity contribution is 0.319. The number of anilines is 4. The van der Waals surface area contributed by atoms with Crippen LogP contribution >= 0.6 is 0 Å². The predicted octanol–water partition coefficient (Wildman–Crippen LogP) is 2.07. The number of hydrogen-bond donors (Lipinski definition) is 4. The van der Waals surface area contributed by atoms with E-state index in [1.807, 2.05) is 13.8 Å². The van der Waals surface area contributed by atoms with Crippen molar-refractivity contribution in [2.75, 3.05) is 23.0 Å². The van der Waals surface area contributed by atoms with E-state index < -0.39 is 16.4 Å². The van der Waals surface area contributed by atoms with Crippen LogP contribution in [0.15, 0.2) is 41.4 Å². The SMILES string of the molecule is Cc1n[nH]c(Nc2ccnc(Nc3cccc(S(=O)(=O)CCO)c3)n2)c1C. The summed E-state index contributed by atoms with van der Waals surface area (Å²) in [5, 5.41) is 22.1. The van der Waals surface area contributed by atoms with E-state index in [-0.39, 0.29) is 10.6 Å². The molecule has 2 aromatic heterocycles. The number of aromatic amines is 1. The van der Waals surface area contributed by atoms with Crippen molar-refractivity contribution in [2.24, 2.45) is 0 Å². The Morgan fingerprint density at radius 1 is 1.19 bits per heavy atom. The third-order valence-electron chi connectivity index (χ3n) is 3.97. The third-order valence-corrected chi connectivity index (χ3v) is 5.66. The number of hydrogen-bond acceptors (Lipinski definition) is 8. The van der Waals surface area contributed by atoms with Gasteiger partial charge in [0.15, 0.2) is 9.84 Å². The largest absolute Gasteiger partial charge is 0.395 e. The summed E-state index contributed by atoms with van der Waals surface area (Å²) in [4.78, 5) is 8.65. The van der Waals surface area contributed by atoms with E-state index in [4.69, 9.17) is 5.11 Å². The molecule has 0 aliphatic carbocycles. The Labute approximate surface area is 156 Å². The van der Waals surface area contributed by atoms with Gasteiger partial charge in [-0.2, -0.15) is 10.1 Å². The lowest BCUT2D eigenvalue weighted by atomic mass is 10.3. The van der Waals surface area contributed by atoms with Crippen molar-refractivity contribution in [1.29, 1.82) is 0 Å². The van der Waals surface area contributed by atoms with Crippen LogP contribution in [0.3, 0.4) is 0 Å². The molecule has 4 N–H and O–H groups in total. The van der Waals surface area contributed by atoms with Crippen LogP contribution in [-0.2, 0) is 9.84 Å². The fourth-order valence-electron chi connectivity index (χ4n) is 2.36. The van der Waals surface area contributed by atoms with Gasteiger partial charge in [-0.15, -0.1) is 0 Å². The van der Waals surface area contributed by atoms with Crippen LogP contribution < -0.4 is 10.6 Å². The van der Waals surface area contributed by atoms with Crippen LogP contribution in [0.5, 0.6) is 0 Å². The molecule has 0 bridgehead atoms. The molecule has 3 rings (SSSR count). The van der Waals surface area contributed by atoms with Gasteiger partial charge in [-0.1, -0.05) is 6.07 Å². The second kappa shape index (κ2) is 7.72. The van der Waals surface area contributed by atoms with E-state index in [2.05, 4.69) is 30.8 Å². The molecule has 27 heavy (non-hydrogen) atoms. The van der Waals surface area contributed by atoms with Gasteiger partial charge in [0.1, 0.15) is 11.6 Å². The molecule has 0 unspecified atom stereocenters. The molecule has 142 valence electrons. The molecular weight excluding hydrogens is 368 g/mol. The van der Waals surface area contributed by atoms with Crippen molar-refractivity contribution in [3.05, 3.63) is 47.8 Å². The number of aryl methyl sites for hydroxylation is 1. The zero-order valence-corrected chi connectivity index (χ0v) is 15.7. The minimum Gasteiger partial charge on any atom is -0.395 e. The van der Waals surface area contributed by atoms with Crippen LogP contribution in [0.1, 0.15) is 11.3 Å². The van der Waals surface area contributed by atoms with Crippen LogP contribution in [0.4, 0.5) is 23.3 Å². The van der Waals surface area contributed by atoms with Crippen LogP contribution in [0.2, 0.25) is 0 Å². The Morgan fingerprint density at radius 2 is 2.00 bits per heavy atom. The van der Waals surface area contributed by atoms with Crippen LogP contribution in [0, 0.1) is 13.8 Å². The van der Waals surface area contributed by atoms with Crippen molar-refractivity contribution >= 4 is 33.1 Å². The Hall–Kier alpha value is -2.98. The normalized spacial score (nSPS) is 11.4. The molecule has 0 radical (unpaired) electrons. The maximum atomic E-state index is 12.1. The summed E-state index contributed by atoms with van der Waals surface area (Å²) in [6, 6.07) is 8.01. The molecule has 0 saturated carbocycles. The van der Waals surface area contributed by atoms with Crippen LogP contribution in [-0.4, -0.2) is 46.0 Å². The molecule has 0 aliphatic heterocycles. The molecular formula is C17H20N6O3S. The quantitative estimate of drug-likeness (QED) is 0.483. The Balaban J connectivity index is 1.80. The second-order valence-electron chi connectivity index (χ2n) is 5.89. The molecule has 0 aliphatic rings. The summed E-state index contributed by atoms with van der Waals surface area (Å²) in [7, 11) is -3.53. The molecule has 10 heteroatoms. The maximum absolute atomic E-state index is 12.1. The summed E-state index contributed by atoms with van der Waals surface area (Å²) < 4.78 is 24.2. The van der Waals surface area contributed by atoms with Crippen molar-refractivity contribution in [3.8, 4) is 0 Å². The Kier molecular flexibility index (Phi) is 5.38. The van der Waals surface area contributed by atoms with E-state index in [0.29, 0.717) is 17.5 Å². The first-order chi connectivity index (χ1) is 12.9. The average molecular weight is 388 g/mol. The summed E-state index contributed by atoms with van der Waals surface area (Å²) in [5.74, 6) is 1.29. The molecule has 9 nitrogen and oxygen atoms in total. The summed E-state index contributed by atoms with van der Waals surface area (Å²) >= 11 is 0. The maximum Gasteiger partial charge on any atom is 0.229 e. The molecule has 0 fully saturated rings. The number of rotatable bonds is 7. The number of nitrogens with zero attached hydrogens (tertiary/aromatic N) is 3. The zero-order chi connectivity index (χ0) is 19.4. The highest BCUT2D eigenvalue weighted by Gasteiger charge is 2.14. The van der Waals surface area contributed by atoms with Gasteiger partial charge in [0.2, 0.25) is 5.95 Å². The first-order valence-electron chi connectivity index (χ1n) is 8.21. The van der Waals surface area contributed by atoms with Gasteiger partial charge < -0.3 is 15.7 Å². The predicted molar refractivity (Wildman–Crippen MR) is 102 cm³/mol. The highest BCUT2D eigenvalue weighted by atomic mass is 32.2.